The first kappa shape index (κ1) is 16.2. The number of methoxy groups -OCH3 is 1. The summed E-state index contributed by atoms with van der Waals surface area (Å²) in [7, 11) is -0.227. The van der Waals surface area contributed by atoms with Crippen molar-refractivity contribution in [3.05, 3.63) is 22.7 Å². The number of sulfonamides is 1. The highest BCUT2D eigenvalue weighted by molar-refractivity contribution is 9.10. The molecule has 5 nitrogen and oxygen atoms in total. The Morgan fingerprint density at radius 1 is 1.27 bits per heavy atom. The van der Waals surface area contributed by atoms with E-state index < -0.39 is 10.0 Å². The first-order chi connectivity index (χ1) is 10.4. The number of fused-ring (bicyclic) bond motifs is 2. The number of halogens is 1. The lowest BCUT2D eigenvalue weighted by Gasteiger charge is -2.34. The van der Waals surface area contributed by atoms with Crippen molar-refractivity contribution < 1.29 is 13.2 Å². The van der Waals surface area contributed by atoms with Gasteiger partial charge in [-0.05, 0) is 59.8 Å². The van der Waals surface area contributed by atoms with Crippen LogP contribution in [0.25, 0.3) is 0 Å². The molecule has 1 N–H and O–H groups in total. The van der Waals surface area contributed by atoms with Crippen LogP contribution in [-0.2, 0) is 10.0 Å². The Hall–Kier alpha value is -0.630. The molecule has 22 heavy (non-hydrogen) atoms. The van der Waals surface area contributed by atoms with Gasteiger partial charge in [-0.25, -0.2) is 8.42 Å². The van der Waals surface area contributed by atoms with Gasteiger partial charge in [0.05, 0.1) is 16.5 Å². The van der Waals surface area contributed by atoms with E-state index in [4.69, 9.17) is 4.74 Å². The summed E-state index contributed by atoms with van der Waals surface area (Å²) in [5.41, 5.74) is 0. The Bertz CT molecular complexity index is 653. The van der Waals surface area contributed by atoms with E-state index in [-0.39, 0.29) is 6.04 Å². The van der Waals surface area contributed by atoms with Gasteiger partial charge in [-0.3, -0.25) is 0 Å². The lowest BCUT2D eigenvalue weighted by molar-refractivity contribution is 0.251. The van der Waals surface area contributed by atoms with E-state index in [0.717, 1.165) is 25.7 Å². The van der Waals surface area contributed by atoms with Crippen molar-refractivity contribution in [2.75, 3.05) is 14.2 Å². The van der Waals surface area contributed by atoms with Crippen LogP contribution in [0.3, 0.4) is 0 Å². The number of nitrogens with zero attached hydrogens (tertiary/aromatic N) is 1. The van der Waals surface area contributed by atoms with E-state index in [1.54, 1.807) is 36.7 Å². The molecule has 2 aliphatic heterocycles. The van der Waals surface area contributed by atoms with Crippen molar-refractivity contribution in [1.82, 2.24) is 9.62 Å². The molecule has 0 aromatic heterocycles. The number of rotatable bonds is 4. The highest BCUT2D eigenvalue weighted by Crippen LogP contribution is 2.33. The molecule has 0 aliphatic carbocycles. The second-order valence-corrected chi connectivity index (χ2v) is 8.93. The molecule has 2 saturated heterocycles. The summed E-state index contributed by atoms with van der Waals surface area (Å²) in [6, 6.07) is 5.89. The number of hydrogen-bond donors (Lipinski definition) is 1. The predicted molar refractivity (Wildman–Crippen MR) is 88.6 cm³/mol. The fraction of sp³-hybridized carbons (Fsp3) is 0.600. The molecule has 2 atom stereocenters. The monoisotopic (exact) mass is 388 g/mol. The number of hydrogen-bond acceptors (Lipinski definition) is 4. The lowest BCUT2D eigenvalue weighted by atomic mass is 10.0. The Morgan fingerprint density at radius 3 is 2.45 bits per heavy atom. The number of piperidine rings is 1. The summed E-state index contributed by atoms with van der Waals surface area (Å²) >= 11 is 3.36. The molecule has 2 fully saturated rings. The molecule has 0 amide bonds. The zero-order chi connectivity index (χ0) is 15.9. The zero-order valence-corrected chi connectivity index (χ0v) is 15.2. The van der Waals surface area contributed by atoms with Crippen molar-refractivity contribution in [3.8, 4) is 5.75 Å². The van der Waals surface area contributed by atoms with Gasteiger partial charge in [0.25, 0.3) is 0 Å². The molecule has 1 aromatic carbocycles. The summed E-state index contributed by atoms with van der Waals surface area (Å²) in [4.78, 5) is 0.300. The second kappa shape index (κ2) is 6.11. The van der Waals surface area contributed by atoms with Crippen LogP contribution in [0.15, 0.2) is 27.6 Å². The Kier molecular flexibility index (Phi) is 4.51. The molecule has 0 radical (unpaired) electrons. The molecule has 1 aromatic rings. The van der Waals surface area contributed by atoms with Crippen molar-refractivity contribution in [1.29, 1.82) is 0 Å². The highest BCUT2D eigenvalue weighted by Gasteiger charge is 2.38. The number of benzene rings is 1. The van der Waals surface area contributed by atoms with E-state index in [1.807, 2.05) is 0 Å². The SMILES string of the molecule is COc1ccc(S(=O)(=O)N(C)C2CC3CCC(C2)N3)cc1Br. The lowest BCUT2D eigenvalue weighted by Crippen LogP contribution is -2.48. The number of nitrogens with one attached hydrogen (secondary N) is 1. The summed E-state index contributed by atoms with van der Waals surface area (Å²) in [5.74, 6) is 0.626. The fourth-order valence-electron chi connectivity index (χ4n) is 3.49. The maximum atomic E-state index is 12.9. The van der Waals surface area contributed by atoms with Crippen molar-refractivity contribution in [2.45, 2.75) is 48.7 Å². The van der Waals surface area contributed by atoms with Gasteiger partial charge in [0.1, 0.15) is 5.75 Å². The average Bonchev–Trinajstić information content (AvgIpc) is 2.84. The maximum Gasteiger partial charge on any atom is 0.243 e. The normalized spacial score (nSPS) is 28.1. The molecular weight excluding hydrogens is 368 g/mol. The quantitative estimate of drug-likeness (QED) is 0.859. The van der Waals surface area contributed by atoms with Gasteiger partial charge in [-0.1, -0.05) is 0 Å². The molecule has 122 valence electrons. The predicted octanol–water partition coefficient (Wildman–Crippen LogP) is 2.36. The smallest absolute Gasteiger partial charge is 0.243 e. The summed E-state index contributed by atoms with van der Waals surface area (Å²) in [6.45, 7) is 0. The third kappa shape index (κ3) is 2.91. The molecule has 2 bridgehead atoms. The highest BCUT2D eigenvalue weighted by atomic mass is 79.9. The van der Waals surface area contributed by atoms with Crippen LogP contribution >= 0.6 is 15.9 Å². The van der Waals surface area contributed by atoms with E-state index in [1.165, 1.54) is 0 Å². The van der Waals surface area contributed by atoms with Crippen LogP contribution in [0.2, 0.25) is 0 Å². The minimum atomic E-state index is -3.49. The van der Waals surface area contributed by atoms with Crippen LogP contribution in [-0.4, -0.2) is 45.0 Å². The molecule has 0 saturated carbocycles. The fourth-order valence-corrected chi connectivity index (χ4v) is 5.59. The second-order valence-electron chi connectivity index (χ2n) is 6.08. The third-order valence-corrected chi connectivity index (χ3v) is 7.29. The van der Waals surface area contributed by atoms with Crippen molar-refractivity contribution in [2.24, 2.45) is 0 Å². The standard InChI is InChI=1S/C15H21BrN2O3S/c1-18(12-7-10-3-4-11(8-12)17-10)22(19,20)13-5-6-15(21-2)14(16)9-13/h5-6,9-12,17H,3-4,7-8H2,1-2H3. The molecule has 2 unspecified atom stereocenters. The third-order valence-electron chi connectivity index (χ3n) is 4.76. The van der Waals surface area contributed by atoms with Crippen LogP contribution in [0.4, 0.5) is 0 Å². The van der Waals surface area contributed by atoms with Gasteiger partial charge in [-0.2, -0.15) is 4.31 Å². The van der Waals surface area contributed by atoms with E-state index in [2.05, 4.69) is 21.2 Å². The zero-order valence-electron chi connectivity index (χ0n) is 12.8. The minimum Gasteiger partial charge on any atom is -0.496 e. The van der Waals surface area contributed by atoms with Crippen LogP contribution < -0.4 is 10.1 Å². The van der Waals surface area contributed by atoms with Gasteiger partial charge < -0.3 is 10.1 Å². The molecule has 7 heteroatoms. The molecular formula is C15H21BrN2O3S. The van der Waals surface area contributed by atoms with Gasteiger partial charge >= 0.3 is 0 Å². The molecule has 2 aliphatic rings. The maximum absolute atomic E-state index is 12.9. The molecule has 3 rings (SSSR count). The Morgan fingerprint density at radius 2 is 1.91 bits per heavy atom. The van der Waals surface area contributed by atoms with E-state index >= 15 is 0 Å². The van der Waals surface area contributed by atoms with Gasteiger partial charge in [-0.15, -0.1) is 0 Å². The average molecular weight is 389 g/mol. The topological polar surface area (TPSA) is 58.6 Å². The number of ether oxygens (including phenoxy) is 1. The largest absolute Gasteiger partial charge is 0.496 e. The van der Waals surface area contributed by atoms with Crippen molar-refractivity contribution in [3.63, 3.8) is 0 Å². The molecule has 0 spiro atoms. The first-order valence-electron chi connectivity index (χ1n) is 7.49. The summed E-state index contributed by atoms with van der Waals surface area (Å²) in [6.07, 6.45) is 4.10. The summed E-state index contributed by atoms with van der Waals surface area (Å²) in [5, 5.41) is 3.55. The van der Waals surface area contributed by atoms with Crippen LogP contribution in [0.5, 0.6) is 5.75 Å². The molecule has 2 heterocycles. The van der Waals surface area contributed by atoms with E-state index in [9.17, 15) is 8.42 Å². The van der Waals surface area contributed by atoms with Gasteiger partial charge in [0.2, 0.25) is 10.0 Å². The van der Waals surface area contributed by atoms with Crippen molar-refractivity contribution >= 4 is 26.0 Å². The minimum absolute atomic E-state index is 0.0737. The Balaban J connectivity index is 1.84. The first-order valence-corrected chi connectivity index (χ1v) is 9.72. The van der Waals surface area contributed by atoms with Gasteiger partial charge in [0.15, 0.2) is 0 Å². The van der Waals surface area contributed by atoms with E-state index in [0.29, 0.717) is 27.2 Å². The Labute approximate surface area is 140 Å². The van der Waals surface area contributed by atoms with Crippen LogP contribution in [0, 0.1) is 0 Å². The van der Waals surface area contributed by atoms with Gasteiger partial charge in [0, 0.05) is 25.2 Å². The summed E-state index contributed by atoms with van der Waals surface area (Å²) < 4.78 is 33.1. The van der Waals surface area contributed by atoms with Crippen LogP contribution in [0.1, 0.15) is 25.7 Å².